The number of rotatable bonds is 8. The Morgan fingerprint density at radius 1 is 1.44 bits per heavy atom. The molecule has 0 aliphatic heterocycles. The summed E-state index contributed by atoms with van der Waals surface area (Å²) in [5.74, 6) is 0.644. The van der Waals surface area contributed by atoms with Crippen molar-refractivity contribution < 1.29 is 9.53 Å². The number of carbonyl (C=O) groups excluding carboxylic acids is 1. The van der Waals surface area contributed by atoms with E-state index in [1.54, 1.807) is 12.0 Å². The van der Waals surface area contributed by atoms with Crippen LogP contribution in [0.1, 0.15) is 33.1 Å². The summed E-state index contributed by atoms with van der Waals surface area (Å²) in [6.45, 7) is 5.59. The highest BCUT2D eigenvalue weighted by molar-refractivity contribution is 5.75. The Labute approximate surface area is 99.1 Å². The van der Waals surface area contributed by atoms with E-state index in [4.69, 9.17) is 10.5 Å². The van der Waals surface area contributed by atoms with Gasteiger partial charge in [-0.2, -0.15) is 0 Å². The molecule has 96 valence electrons. The molecule has 0 spiro atoms. The van der Waals surface area contributed by atoms with Crippen LogP contribution in [0.5, 0.6) is 0 Å². The van der Waals surface area contributed by atoms with Crippen LogP contribution in [-0.4, -0.2) is 44.2 Å². The molecule has 4 nitrogen and oxygen atoms in total. The third kappa shape index (κ3) is 6.80. The minimum atomic E-state index is 0.174. The summed E-state index contributed by atoms with van der Waals surface area (Å²) < 4.78 is 4.91. The fourth-order valence-electron chi connectivity index (χ4n) is 1.36. The first kappa shape index (κ1) is 15.4. The molecular weight excluding hydrogens is 204 g/mol. The predicted octanol–water partition coefficient (Wildman–Crippen LogP) is 1.24. The molecule has 0 radical (unpaired) electrons. The Bertz CT molecular complexity index is 195. The molecule has 2 N–H and O–H groups in total. The monoisotopic (exact) mass is 230 g/mol. The number of hydrogen-bond donors (Lipinski definition) is 1. The van der Waals surface area contributed by atoms with Crippen molar-refractivity contribution in [1.82, 2.24) is 4.90 Å². The molecule has 0 fully saturated rings. The first-order valence-electron chi connectivity index (χ1n) is 5.97. The van der Waals surface area contributed by atoms with Gasteiger partial charge in [-0.1, -0.05) is 13.8 Å². The Kier molecular flexibility index (Phi) is 8.21. The van der Waals surface area contributed by atoms with Crippen molar-refractivity contribution in [3.8, 4) is 0 Å². The molecule has 1 atom stereocenters. The second-order valence-corrected chi connectivity index (χ2v) is 4.61. The molecule has 0 heterocycles. The van der Waals surface area contributed by atoms with Crippen molar-refractivity contribution in [2.75, 3.05) is 27.3 Å². The number of methoxy groups -OCH3 is 1. The van der Waals surface area contributed by atoms with E-state index < -0.39 is 0 Å². The highest BCUT2D eigenvalue weighted by atomic mass is 16.5. The quantitative estimate of drug-likeness (QED) is 0.638. The van der Waals surface area contributed by atoms with Crippen LogP contribution in [0.3, 0.4) is 0 Å². The zero-order valence-electron chi connectivity index (χ0n) is 11.0. The molecule has 0 saturated heterocycles. The fourth-order valence-corrected chi connectivity index (χ4v) is 1.36. The van der Waals surface area contributed by atoms with Gasteiger partial charge >= 0.3 is 0 Å². The van der Waals surface area contributed by atoms with Crippen LogP contribution >= 0.6 is 0 Å². The summed E-state index contributed by atoms with van der Waals surface area (Å²) in [6.07, 6.45) is 2.21. The Morgan fingerprint density at radius 2 is 2.06 bits per heavy atom. The maximum atomic E-state index is 11.6. The molecular formula is C12H26N2O2. The molecule has 0 aliphatic carbocycles. The van der Waals surface area contributed by atoms with E-state index in [9.17, 15) is 4.79 Å². The molecule has 0 bridgehead atoms. The number of nitrogens with two attached hydrogens (primary N) is 1. The standard InChI is InChI=1S/C12H26N2O2/c1-10(2)11(13)7-8-14(3)12(15)6-5-9-16-4/h10-11H,5-9,13H2,1-4H3. The van der Waals surface area contributed by atoms with Crippen LogP contribution in [0.15, 0.2) is 0 Å². The van der Waals surface area contributed by atoms with Crippen molar-refractivity contribution in [2.45, 2.75) is 39.2 Å². The zero-order chi connectivity index (χ0) is 12.6. The van der Waals surface area contributed by atoms with E-state index in [1.165, 1.54) is 0 Å². The Balaban J connectivity index is 3.70. The number of amides is 1. The van der Waals surface area contributed by atoms with Crippen molar-refractivity contribution in [3.05, 3.63) is 0 Å². The van der Waals surface area contributed by atoms with E-state index >= 15 is 0 Å². The largest absolute Gasteiger partial charge is 0.385 e. The summed E-state index contributed by atoms with van der Waals surface area (Å²) >= 11 is 0. The lowest BCUT2D eigenvalue weighted by Crippen LogP contribution is -2.34. The maximum absolute atomic E-state index is 11.6. The summed E-state index contributed by atoms with van der Waals surface area (Å²) in [7, 11) is 3.48. The molecule has 1 amide bonds. The lowest BCUT2D eigenvalue weighted by molar-refractivity contribution is -0.130. The number of nitrogens with zero attached hydrogens (tertiary/aromatic N) is 1. The smallest absolute Gasteiger partial charge is 0.222 e. The van der Waals surface area contributed by atoms with Gasteiger partial charge in [-0.05, 0) is 18.8 Å². The van der Waals surface area contributed by atoms with Crippen molar-refractivity contribution in [2.24, 2.45) is 11.7 Å². The minimum absolute atomic E-state index is 0.174. The van der Waals surface area contributed by atoms with Gasteiger partial charge in [0.2, 0.25) is 5.91 Å². The third-order valence-electron chi connectivity index (χ3n) is 2.82. The Morgan fingerprint density at radius 3 is 2.56 bits per heavy atom. The summed E-state index contributed by atoms with van der Waals surface area (Å²) in [6, 6.07) is 0.175. The zero-order valence-corrected chi connectivity index (χ0v) is 11.0. The average molecular weight is 230 g/mol. The highest BCUT2D eigenvalue weighted by Gasteiger charge is 2.12. The second kappa shape index (κ2) is 8.53. The molecule has 0 aromatic rings. The van der Waals surface area contributed by atoms with Gasteiger partial charge in [0.15, 0.2) is 0 Å². The van der Waals surface area contributed by atoms with Crippen LogP contribution < -0.4 is 5.73 Å². The van der Waals surface area contributed by atoms with Crippen LogP contribution in [-0.2, 0) is 9.53 Å². The van der Waals surface area contributed by atoms with Crippen LogP contribution in [0.2, 0.25) is 0 Å². The number of ether oxygens (including phenoxy) is 1. The SMILES string of the molecule is COCCCC(=O)N(C)CCC(N)C(C)C. The minimum Gasteiger partial charge on any atom is -0.385 e. The van der Waals surface area contributed by atoms with Gasteiger partial charge in [-0.3, -0.25) is 4.79 Å². The first-order valence-corrected chi connectivity index (χ1v) is 5.97. The lowest BCUT2D eigenvalue weighted by Gasteiger charge is -2.21. The number of hydrogen-bond acceptors (Lipinski definition) is 3. The summed E-state index contributed by atoms with van der Waals surface area (Å²) in [4.78, 5) is 13.4. The van der Waals surface area contributed by atoms with E-state index in [0.29, 0.717) is 18.9 Å². The summed E-state index contributed by atoms with van der Waals surface area (Å²) in [5, 5.41) is 0. The fraction of sp³-hybridized carbons (Fsp3) is 0.917. The topological polar surface area (TPSA) is 55.6 Å². The molecule has 0 aromatic carbocycles. The second-order valence-electron chi connectivity index (χ2n) is 4.61. The van der Waals surface area contributed by atoms with Gasteiger partial charge in [0, 0.05) is 39.8 Å². The normalized spacial score (nSPS) is 12.9. The highest BCUT2D eigenvalue weighted by Crippen LogP contribution is 2.04. The van der Waals surface area contributed by atoms with Crippen LogP contribution in [0.4, 0.5) is 0 Å². The molecule has 0 saturated carbocycles. The molecule has 4 heteroatoms. The number of carbonyl (C=O) groups is 1. The van der Waals surface area contributed by atoms with Gasteiger partial charge < -0.3 is 15.4 Å². The summed E-state index contributed by atoms with van der Waals surface area (Å²) in [5.41, 5.74) is 5.93. The van der Waals surface area contributed by atoms with Crippen molar-refractivity contribution >= 4 is 5.91 Å². The van der Waals surface area contributed by atoms with Crippen molar-refractivity contribution in [3.63, 3.8) is 0 Å². The molecule has 1 unspecified atom stereocenters. The van der Waals surface area contributed by atoms with Crippen LogP contribution in [0.25, 0.3) is 0 Å². The average Bonchev–Trinajstić information content (AvgIpc) is 2.25. The van der Waals surface area contributed by atoms with E-state index in [0.717, 1.165) is 19.4 Å². The van der Waals surface area contributed by atoms with E-state index in [-0.39, 0.29) is 11.9 Å². The van der Waals surface area contributed by atoms with E-state index in [2.05, 4.69) is 13.8 Å². The lowest BCUT2D eigenvalue weighted by atomic mass is 10.0. The maximum Gasteiger partial charge on any atom is 0.222 e. The van der Waals surface area contributed by atoms with Gasteiger partial charge in [-0.15, -0.1) is 0 Å². The first-order chi connectivity index (χ1) is 7.49. The molecule has 0 aromatic heterocycles. The van der Waals surface area contributed by atoms with Gasteiger partial charge in [0.1, 0.15) is 0 Å². The van der Waals surface area contributed by atoms with Gasteiger partial charge in [-0.25, -0.2) is 0 Å². The van der Waals surface area contributed by atoms with Gasteiger partial charge in [0.25, 0.3) is 0 Å². The van der Waals surface area contributed by atoms with Gasteiger partial charge in [0.05, 0.1) is 0 Å². The molecule has 0 rings (SSSR count). The Hall–Kier alpha value is -0.610. The molecule has 0 aliphatic rings. The molecule has 16 heavy (non-hydrogen) atoms. The van der Waals surface area contributed by atoms with Crippen LogP contribution in [0, 0.1) is 5.92 Å². The predicted molar refractivity (Wildman–Crippen MR) is 66.2 cm³/mol. The third-order valence-corrected chi connectivity index (χ3v) is 2.82. The van der Waals surface area contributed by atoms with E-state index in [1.807, 2.05) is 7.05 Å². The van der Waals surface area contributed by atoms with Crippen molar-refractivity contribution in [1.29, 1.82) is 0 Å².